The van der Waals surface area contributed by atoms with Crippen molar-refractivity contribution in [3.63, 3.8) is 0 Å². The van der Waals surface area contributed by atoms with Gasteiger partial charge in [-0.15, -0.1) is 0 Å². The van der Waals surface area contributed by atoms with Crippen LogP contribution in [0, 0.1) is 0 Å². The summed E-state index contributed by atoms with van der Waals surface area (Å²) in [5.74, 6) is 1.52. The van der Waals surface area contributed by atoms with Gasteiger partial charge in [0.2, 0.25) is 0 Å². The zero-order valence-electron chi connectivity index (χ0n) is 19.0. The minimum atomic E-state index is 1.21. The van der Waals surface area contributed by atoms with Gasteiger partial charge in [0, 0.05) is 6.42 Å². The van der Waals surface area contributed by atoms with E-state index in [1.165, 1.54) is 128 Å². The highest BCUT2D eigenvalue weighted by molar-refractivity contribution is 4.84. The molecule has 0 aliphatic carbocycles. The summed E-state index contributed by atoms with van der Waals surface area (Å²) in [6.07, 6.45) is 29.8. The first-order chi connectivity index (χ1) is 13.3. The van der Waals surface area contributed by atoms with Gasteiger partial charge in [-0.2, -0.15) is 0 Å². The van der Waals surface area contributed by atoms with Crippen molar-refractivity contribution in [3.05, 3.63) is 18.2 Å². The van der Waals surface area contributed by atoms with Crippen LogP contribution in [-0.2, 0) is 20.0 Å². The molecule has 0 unspecified atom stereocenters. The smallest absolute Gasteiger partial charge is 0.237 e. The van der Waals surface area contributed by atoms with E-state index in [9.17, 15) is 0 Å². The summed E-state index contributed by atoms with van der Waals surface area (Å²) >= 11 is 0. The van der Waals surface area contributed by atoms with Crippen LogP contribution in [0.5, 0.6) is 0 Å². The van der Waals surface area contributed by atoms with E-state index in [0.717, 1.165) is 0 Å². The zero-order chi connectivity index (χ0) is 19.6. The molecule has 0 spiro atoms. The molecule has 0 aliphatic rings. The molecule has 0 amide bonds. The Hall–Kier alpha value is -0.790. The number of hydrogen-bond donors (Lipinski definition) is 0. The van der Waals surface area contributed by atoms with Crippen molar-refractivity contribution in [2.45, 2.75) is 136 Å². The number of hydrogen-bond acceptors (Lipinski definition) is 0. The Morgan fingerprint density at radius 1 is 0.630 bits per heavy atom. The minimum absolute atomic E-state index is 1.21. The summed E-state index contributed by atoms with van der Waals surface area (Å²) < 4.78 is 4.83. The van der Waals surface area contributed by atoms with E-state index in [4.69, 9.17) is 0 Å². The summed E-state index contributed by atoms with van der Waals surface area (Å²) in [5.41, 5.74) is 0. The summed E-state index contributed by atoms with van der Waals surface area (Å²) in [7, 11) is 2.20. The number of imidazole rings is 1. The van der Waals surface area contributed by atoms with Crippen LogP contribution < -0.4 is 4.57 Å². The van der Waals surface area contributed by atoms with Gasteiger partial charge in [-0.1, -0.05) is 104 Å². The van der Waals surface area contributed by atoms with E-state index < -0.39 is 0 Å². The van der Waals surface area contributed by atoms with Gasteiger partial charge in [-0.25, -0.2) is 9.13 Å². The van der Waals surface area contributed by atoms with E-state index in [2.05, 4.69) is 42.4 Å². The Morgan fingerprint density at radius 3 is 1.59 bits per heavy atom. The van der Waals surface area contributed by atoms with Crippen molar-refractivity contribution in [1.82, 2.24) is 4.57 Å². The van der Waals surface area contributed by atoms with Gasteiger partial charge in [0.1, 0.15) is 12.4 Å². The molecule has 0 atom stereocenters. The minimum Gasteiger partial charge on any atom is -0.237 e. The topological polar surface area (TPSA) is 8.81 Å². The van der Waals surface area contributed by atoms with Crippen LogP contribution >= 0.6 is 0 Å². The lowest BCUT2D eigenvalue weighted by Gasteiger charge is -2.04. The molecule has 1 rings (SSSR count). The highest BCUT2D eigenvalue weighted by atomic mass is 15.1. The molecule has 1 aromatic heterocycles. The quantitative estimate of drug-likeness (QED) is 0.174. The molecule has 1 aromatic rings. The molecule has 0 saturated carbocycles. The molecule has 0 N–H and O–H groups in total. The fraction of sp³-hybridized carbons (Fsp3) is 0.880. The second-order valence-electron chi connectivity index (χ2n) is 8.57. The van der Waals surface area contributed by atoms with E-state index in [0.29, 0.717) is 0 Å². The van der Waals surface area contributed by atoms with Gasteiger partial charge in [-0.05, 0) is 19.3 Å². The van der Waals surface area contributed by atoms with Gasteiger partial charge in [0.05, 0.1) is 13.6 Å². The molecule has 1 heterocycles. The maximum atomic E-state index is 2.50. The zero-order valence-corrected chi connectivity index (χ0v) is 19.0. The third kappa shape index (κ3) is 12.3. The molecule has 0 fully saturated rings. The van der Waals surface area contributed by atoms with Crippen molar-refractivity contribution in [3.8, 4) is 0 Å². The Labute approximate surface area is 170 Å². The maximum absolute atomic E-state index is 2.50. The maximum Gasteiger partial charge on any atom is 0.256 e. The number of unbranched alkanes of at least 4 members (excludes halogenated alkanes) is 15. The first kappa shape index (κ1) is 24.2. The predicted molar refractivity (Wildman–Crippen MR) is 119 cm³/mol. The van der Waals surface area contributed by atoms with Crippen LogP contribution in [0.4, 0.5) is 0 Å². The lowest BCUT2D eigenvalue weighted by Crippen LogP contribution is -2.32. The van der Waals surface area contributed by atoms with Gasteiger partial charge >= 0.3 is 0 Å². The Bertz CT molecular complexity index is 436. The molecular formula is C25H49N2+. The molecule has 0 saturated heterocycles. The van der Waals surface area contributed by atoms with Crippen LogP contribution in [0.1, 0.15) is 129 Å². The number of rotatable bonds is 19. The van der Waals surface area contributed by atoms with Crippen LogP contribution in [0.2, 0.25) is 0 Å². The molecule has 0 aliphatic heterocycles. The lowest BCUT2D eigenvalue weighted by molar-refractivity contribution is -0.678. The molecule has 0 aromatic carbocycles. The number of nitrogens with zero attached hydrogens (tertiary/aromatic N) is 2. The van der Waals surface area contributed by atoms with Gasteiger partial charge in [-0.3, -0.25) is 0 Å². The Morgan fingerprint density at radius 2 is 1.07 bits per heavy atom. The average Bonchev–Trinajstić information content (AvgIpc) is 3.02. The van der Waals surface area contributed by atoms with Gasteiger partial charge in [0.15, 0.2) is 0 Å². The van der Waals surface area contributed by atoms with E-state index in [-0.39, 0.29) is 0 Å². The van der Waals surface area contributed by atoms with Gasteiger partial charge < -0.3 is 0 Å². The largest absolute Gasteiger partial charge is 0.256 e. The van der Waals surface area contributed by atoms with Crippen molar-refractivity contribution in [2.24, 2.45) is 7.05 Å². The van der Waals surface area contributed by atoms with E-state index >= 15 is 0 Å². The fourth-order valence-electron chi connectivity index (χ4n) is 4.09. The number of aryl methyl sites for hydroxylation is 2. The first-order valence-corrected chi connectivity index (χ1v) is 12.3. The third-order valence-electron chi connectivity index (χ3n) is 5.97. The van der Waals surface area contributed by atoms with Crippen molar-refractivity contribution < 1.29 is 4.57 Å². The third-order valence-corrected chi connectivity index (χ3v) is 5.97. The summed E-state index contributed by atoms with van der Waals surface area (Å²) in [5, 5.41) is 0. The molecular weight excluding hydrogens is 328 g/mol. The average molecular weight is 378 g/mol. The first-order valence-electron chi connectivity index (χ1n) is 12.3. The van der Waals surface area contributed by atoms with Crippen molar-refractivity contribution >= 4 is 0 Å². The second-order valence-corrected chi connectivity index (χ2v) is 8.57. The SMILES string of the molecule is CCCCCCCCCCCCCCCn1cc[n+](C)c1CCCCCC. The molecule has 158 valence electrons. The van der Waals surface area contributed by atoms with Crippen LogP contribution in [0.25, 0.3) is 0 Å². The van der Waals surface area contributed by atoms with Crippen LogP contribution in [0.15, 0.2) is 12.4 Å². The molecule has 0 radical (unpaired) electrons. The predicted octanol–water partition coefficient (Wildman–Crippen LogP) is 7.53. The molecule has 0 bridgehead atoms. The Kier molecular flexibility index (Phi) is 15.6. The highest BCUT2D eigenvalue weighted by Gasteiger charge is 2.13. The summed E-state index contributed by atoms with van der Waals surface area (Å²) in [4.78, 5) is 0. The van der Waals surface area contributed by atoms with Gasteiger partial charge in [0.25, 0.3) is 5.82 Å². The number of aromatic nitrogens is 2. The molecule has 27 heavy (non-hydrogen) atoms. The van der Waals surface area contributed by atoms with Crippen molar-refractivity contribution in [1.29, 1.82) is 0 Å². The van der Waals surface area contributed by atoms with Crippen molar-refractivity contribution in [2.75, 3.05) is 0 Å². The molecule has 2 heteroatoms. The monoisotopic (exact) mass is 377 g/mol. The van der Waals surface area contributed by atoms with Crippen LogP contribution in [-0.4, -0.2) is 4.57 Å². The highest BCUT2D eigenvalue weighted by Crippen LogP contribution is 2.13. The second kappa shape index (κ2) is 17.3. The van der Waals surface area contributed by atoms with E-state index in [1.807, 2.05) is 0 Å². The molecule has 2 nitrogen and oxygen atoms in total. The van der Waals surface area contributed by atoms with Crippen LogP contribution in [0.3, 0.4) is 0 Å². The lowest BCUT2D eigenvalue weighted by atomic mass is 10.0. The summed E-state index contributed by atoms with van der Waals surface area (Å²) in [6.45, 7) is 5.80. The van der Waals surface area contributed by atoms with E-state index in [1.54, 1.807) is 0 Å². The normalized spacial score (nSPS) is 11.4. The fourth-order valence-corrected chi connectivity index (χ4v) is 4.09. The summed E-state index contributed by atoms with van der Waals surface area (Å²) in [6, 6.07) is 0. The Balaban J connectivity index is 1.97. The standard InChI is InChI=1S/C25H49N2/c1-4-6-8-10-11-12-13-14-15-16-17-18-20-22-27-24-23-26(3)25(27)21-19-9-7-5-2/h23-24H,4-22H2,1-3H3/q+1.